The van der Waals surface area contributed by atoms with Crippen LogP contribution in [-0.2, 0) is 12.7 Å². The van der Waals surface area contributed by atoms with E-state index in [-0.39, 0.29) is 6.61 Å². The van der Waals surface area contributed by atoms with Gasteiger partial charge < -0.3 is 5.11 Å². The van der Waals surface area contributed by atoms with Crippen LogP contribution in [0.3, 0.4) is 0 Å². The van der Waals surface area contributed by atoms with Crippen molar-refractivity contribution in [3.05, 3.63) is 42.1 Å². The molecule has 0 spiro atoms. The summed E-state index contributed by atoms with van der Waals surface area (Å²) in [6.45, 7) is 6.83. The molecular weight excluding hydrogens is 293 g/mol. The Balaban J connectivity index is 0.000000541. The molecule has 0 fully saturated rings. The summed E-state index contributed by atoms with van der Waals surface area (Å²) in [7, 11) is 0. The number of aliphatic hydroxyl groups excluding tert-OH is 1. The number of halogens is 3. The molecule has 1 aromatic heterocycles. The summed E-state index contributed by atoms with van der Waals surface area (Å²) in [4.78, 5) is 0. The summed E-state index contributed by atoms with van der Waals surface area (Å²) in [6.07, 6.45) is -2.65. The maximum absolute atomic E-state index is 12.4. The van der Waals surface area contributed by atoms with E-state index in [2.05, 4.69) is 25.9 Å². The molecule has 0 radical (unpaired) electrons. The molecule has 0 unspecified atom stereocenters. The van der Waals surface area contributed by atoms with E-state index in [1.807, 2.05) is 0 Å². The molecule has 22 heavy (non-hydrogen) atoms. The smallest absolute Gasteiger partial charge is 0.394 e. The molecule has 0 bridgehead atoms. The van der Waals surface area contributed by atoms with Crippen LogP contribution in [0.1, 0.15) is 26.3 Å². The highest BCUT2D eigenvalue weighted by molar-refractivity contribution is 5.58. The molecular formula is C16H21F3N2O. The van der Waals surface area contributed by atoms with Gasteiger partial charge in [0.15, 0.2) is 0 Å². The lowest BCUT2D eigenvalue weighted by molar-refractivity contribution is -0.137. The van der Waals surface area contributed by atoms with Gasteiger partial charge in [-0.1, -0.05) is 32.9 Å². The third-order valence-corrected chi connectivity index (χ3v) is 2.48. The van der Waals surface area contributed by atoms with Crippen LogP contribution in [0.2, 0.25) is 0 Å². The van der Waals surface area contributed by atoms with E-state index in [1.165, 1.54) is 16.8 Å². The van der Waals surface area contributed by atoms with E-state index >= 15 is 0 Å². The van der Waals surface area contributed by atoms with Gasteiger partial charge >= 0.3 is 6.18 Å². The van der Waals surface area contributed by atoms with E-state index in [1.54, 1.807) is 12.3 Å². The molecule has 0 aliphatic rings. The fraction of sp³-hybridized carbons (Fsp3) is 0.438. The zero-order chi connectivity index (χ0) is 16.8. The van der Waals surface area contributed by atoms with E-state index in [4.69, 9.17) is 5.11 Å². The lowest BCUT2D eigenvalue weighted by Crippen LogP contribution is -2.04. The lowest BCUT2D eigenvalue weighted by atomic mass is 10.1. The second-order valence-corrected chi connectivity index (χ2v) is 5.49. The topological polar surface area (TPSA) is 38.0 Å². The van der Waals surface area contributed by atoms with Gasteiger partial charge in [-0.3, -0.25) is 4.68 Å². The quantitative estimate of drug-likeness (QED) is 0.921. The highest BCUT2D eigenvalue weighted by atomic mass is 19.4. The number of aliphatic hydroxyl groups is 1. The molecule has 1 aromatic carbocycles. The predicted molar refractivity (Wildman–Crippen MR) is 80.3 cm³/mol. The third-order valence-electron chi connectivity index (χ3n) is 2.48. The Bertz CT molecular complexity index is 557. The maximum atomic E-state index is 12.4. The average molecular weight is 314 g/mol. The van der Waals surface area contributed by atoms with Crippen molar-refractivity contribution in [2.45, 2.75) is 33.5 Å². The van der Waals surface area contributed by atoms with Crippen LogP contribution in [0.4, 0.5) is 13.2 Å². The highest BCUT2D eigenvalue weighted by Gasteiger charge is 2.29. The summed E-state index contributed by atoms with van der Waals surface area (Å²) in [5.74, 6) is 0.833. The summed E-state index contributed by atoms with van der Waals surface area (Å²) in [6, 6.07) is 6.52. The molecule has 0 aliphatic carbocycles. The summed E-state index contributed by atoms with van der Waals surface area (Å²) >= 11 is 0. The van der Waals surface area contributed by atoms with Gasteiger partial charge in [-0.15, -0.1) is 0 Å². The van der Waals surface area contributed by atoms with Gasteiger partial charge in [-0.2, -0.15) is 18.3 Å². The molecule has 1 N–H and O–H groups in total. The maximum Gasteiger partial charge on any atom is 0.416 e. The number of rotatable bonds is 3. The molecule has 122 valence electrons. The van der Waals surface area contributed by atoms with Crippen molar-refractivity contribution in [1.29, 1.82) is 0 Å². The fourth-order valence-corrected chi connectivity index (χ4v) is 1.57. The number of hydrogen-bond donors (Lipinski definition) is 1. The van der Waals surface area contributed by atoms with Gasteiger partial charge in [0.05, 0.1) is 24.4 Å². The third kappa shape index (κ3) is 5.89. The van der Waals surface area contributed by atoms with Crippen molar-refractivity contribution in [3.8, 4) is 11.3 Å². The van der Waals surface area contributed by atoms with Crippen molar-refractivity contribution in [2.75, 3.05) is 6.61 Å². The molecule has 3 nitrogen and oxygen atoms in total. The Morgan fingerprint density at radius 2 is 1.64 bits per heavy atom. The Labute approximate surface area is 128 Å². The molecule has 0 saturated heterocycles. The van der Waals surface area contributed by atoms with Crippen molar-refractivity contribution < 1.29 is 18.3 Å². The minimum Gasteiger partial charge on any atom is -0.394 e. The Hall–Kier alpha value is -1.82. The molecule has 1 heterocycles. The molecule has 0 amide bonds. The van der Waals surface area contributed by atoms with Crippen LogP contribution in [-0.4, -0.2) is 21.5 Å². The summed E-state index contributed by atoms with van der Waals surface area (Å²) in [5.41, 5.74) is 0.512. The van der Waals surface area contributed by atoms with Crippen molar-refractivity contribution in [3.63, 3.8) is 0 Å². The Morgan fingerprint density at radius 3 is 2.09 bits per heavy atom. The minimum absolute atomic E-state index is 0.0336. The Morgan fingerprint density at radius 1 is 1.09 bits per heavy atom. The first kappa shape index (κ1) is 18.2. The highest BCUT2D eigenvalue weighted by Crippen LogP contribution is 2.30. The predicted octanol–water partition coefficient (Wildman–Crippen LogP) is 4.22. The van der Waals surface area contributed by atoms with Crippen LogP contribution in [0.5, 0.6) is 0 Å². The van der Waals surface area contributed by atoms with Crippen LogP contribution in [0.25, 0.3) is 11.3 Å². The standard InChI is InChI=1S/C12H11F3N2O.C4H10/c13-12(14,15)10-3-1-9(2-4-10)11-5-6-17(16-11)7-8-18;1-4(2)3/h1-6,18H,7-8H2;4H,1-3H3. The van der Waals surface area contributed by atoms with Gasteiger partial charge in [-0.05, 0) is 24.1 Å². The first-order chi connectivity index (χ1) is 10.2. The van der Waals surface area contributed by atoms with Gasteiger partial charge in [0.1, 0.15) is 0 Å². The normalized spacial score (nSPS) is 11.3. The number of aromatic nitrogens is 2. The zero-order valence-electron chi connectivity index (χ0n) is 12.9. The van der Waals surface area contributed by atoms with E-state index in [0.717, 1.165) is 18.1 Å². The monoisotopic (exact) mass is 314 g/mol. The Kier molecular flexibility index (Phi) is 6.61. The SMILES string of the molecule is CC(C)C.OCCn1ccc(-c2ccc(C(F)(F)F)cc2)n1. The van der Waals surface area contributed by atoms with Crippen molar-refractivity contribution >= 4 is 0 Å². The van der Waals surface area contributed by atoms with Crippen LogP contribution < -0.4 is 0 Å². The van der Waals surface area contributed by atoms with Gasteiger partial charge in [0.25, 0.3) is 0 Å². The molecule has 2 rings (SSSR count). The first-order valence-electron chi connectivity index (χ1n) is 7.06. The van der Waals surface area contributed by atoms with Gasteiger partial charge in [0.2, 0.25) is 0 Å². The minimum atomic E-state index is -4.32. The number of benzene rings is 1. The van der Waals surface area contributed by atoms with E-state index < -0.39 is 11.7 Å². The summed E-state index contributed by atoms with van der Waals surface area (Å²) < 4.78 is 38.7. The molecule has 6 heteroatoms. The second-order valence-electron chi connectivity index (χ2n) is 5.49. The fourth-order valence-electron chi connectivity index (χ4n) is 1.57. The molecule has 2 aromatic rings. The largest absolute Gasteiger partial charge is 0.416 e. The van der Waals surface area contributed by atoms with Gasteiger partial charge in [0, 0.05) is 11.8 Å². The number of hydrogen-bond acceptors (Lipinski definition) is 2. The van der Waals surface area contributed by atoms with Crippen molar-refractivity contribution in [2.24, 2.45) is 5.92 Å². The molecule has 0 aliphatic heterocycles. The molecule has 0 atom stereocenters. The van der Waals surface area contributed by atoms with Crippen molar-refractivity contribution in [1.82, 2.24) is 9.78 Å². The number of alkyl halides is 3. The van der Waals surface area contributed by atoms with E-state index in [0.29, 0.717) is 17.8 Å². The lowest BCUT2D eigenvalue weighted by Gasteiger charge is -2.06. The van der Waals surface area contributed by atoms with E-state index in [9.17, 15) is 13.2 Å². The molecule has 0 saturated carbocycles. The van der Waals surface area contributed by atoms with Crippen LogP contribution in [0, 0.1) is 5.92 Å². The van der Waals surface area contributed by atoms with Gasteiger partial charge in [-0.25, -0.2) is 0 Å². The average Bonchev–Trinajstić information content (AvgIpc) is 2.86. The van der Waals surface area contributed by atoms with Crippen LogP contribution >= 0.6 is 0 Å². The number of nitrogens with zero attached hydrogens (tertiary/aromatic N) is 2. The zero-order valence-corrected chi connectivity index (χ0v) is 12.9. The second kappa shape index (κ2) is 7.98. The summed E-state index contributed by atoms with van der Waals surface area (Å²) in [5, 5.41) is 12.9. The van der Waals surface area contributed by atoms with Crippen LogP contribution in [0.15, 0.2) is 36.5 Å². The first-order valence-corrected chi connectivity index (χ1v) is 7.06.